The van der Waals surface area contributed by atoms with Crippen LogP contribution < -0.4 is 5.32 Å². The highest BCUT2D eigenvalue weighted by Gasteiger charge is 2.06. The number of ether oxygens (including phenoxy) is 2. The van der Waals surface area contributed by atoms with E-state index in [0.717, 1.165) is 45.9 Å². The van der Waals surface area contributed by atoms with Crippen LogP contribution in [0, 0.1) is 0 Å². The lowest BCUT2D eigenvalue weighted by molar-refractivity contribution is 0.142. The summed E-state index contributed by atoms with van der Waals surface area (Å²) in [5, 5.41) is 4.73. The number of nitrogens with zero attached hydrogens (tertiary/aromatic N) is 1. The minimum absolute atomic E-state index is 0.741. The van der Waals surface area contributed by atoms with E-state index in [9.17, 15) is 0 Å². The van der Waals surface area contributed by atoms with Gasteiger partial charge in [-0.1, -0.05) is 18.2 Å². The van der Waals surface area contributed by atoms with Gasteiger partial charge in [0.1, 0.15) is 0 Å². The number of aryl methyl sites for hydroxylation is 1. The molecule has 0 spiro atoms. The van der Waals surface area contributed by atoms with Crippen molar-refractivity contribution in [3.63, 3.8) is 0 Å². The Bertz CT molecular complexity index is 537. The molecule has 0 unspecified atom stereocenters. The van der Waals surface area contributed by atoms with Gasteiger partial charge in [-0.25, -0.2) is 0 Å². The molecule has 0 fully saturated rings. The smallest absolute Gasteiger partial charge is 0.0587 e. The molecule has 1 N–H and O–H groups in total. The lowest BCUT2D eigenvalue weighted by Gasteiger charge is -2.11. The summed E-state index contributed by atoms with van der Waals surface area (Å²) in [6.45, 7) is 7.14. The van der Waals surface area contributed by atoms with Crippen LogP contribution in [0.1, 0.15) is 18.9 Å². The summed E-state index contributed by atoms with van der Waals surface area (Å²) >= 11 is 0. The standard InChI is InChI=1S/C17H26N2O2/c1-3-21-12-5-10-19-11-8-15-6-4-7-16(17(15)19)14-18-9-13-20-2/h4,6-8,11,18H,3,5,9-10,12-14H2,1-2H3. The van der Waals surface area contributed by atoms with Gasteiger partial charge in [-0.2, -0.15) is 0 Å². The molecule has 1 aromatic heterocycles. The van der Waals surface area contributed by atoms with Crippen molar-refractivity contribution >= 4 is 10.9 Å². The van der Waals surface area contributed by atoms with E-state index in [-0.39, 0.29) is 0 Å². The molecular weight excluding hydrogens is 264 g/mol. The maximum atomic E-state index is 5.43. The van der Waals surface area contributed by atoms with Crippen molar-refractivity contribution in [2.24, 2.45) is 0 Å². The first-order valence-electron chi connectivity index (χ1n) is 7.71. The molecule has 2 rings (SSSR count). The monoisotopic (exact) mass is 290 g/mol. The third-order valence-corrected chi connectivity index (χ3v) is 3.56. The molecule has 0 bridgehead atoms. The fourth-order valence-corrected chi connectivity index (χ4v) is 2.55. The van der Waals surface area contributed by atoms with Crippen LogP contribution >= 0.6 is 0 Å². The van der Waals surface area contributed by atoms with E-state index in [1.54, 1.807) is 7.11 Å². The van der Waals surface area contributed by atoms with Crippen LogP contribution in [0.25, 0.3) is 10.9 Å². The lowest BCUT2D eigenvalue weighted by atomic mass is 10.1. The second-order valence-electron chi connectivity index (χ2n) is 5.08. The molecule has 2 aromatic rings. The Kier molecular flexibility index (Phi) is 6.73. The normalized spacial score (nSPS) is 11.3. The fourth-order valence-electron chi connectivity index (χ4n) is 2.55. The first kappa shape index (κ1) is 16.0. The summed E-state index contributed by atoms with van der Waals surface area (Å²) < 4.78 is 12.8. The zero-order valence-electron chi connectivity index (χ0n) is 13.1. The average Bonchev–Trinajstić information content (AvgIpc) is 2.92. The van der Waals surface area contributed by atoms with Crippen molar-refractivity contribution in [2.75, 3.05) is 33.5 Å². The second kappa shape index (κ2) is 8.82. The van der Waals surface area contributed by atoms with Crippen LogP contribution in [0.15, 0.2) is 30.5 Å². The molecule has 0 aliphatic rings. The van der Waals surface area contributed by atoms with E-state index >= 15 is 0 Å². The van der Waals surface area contributed by atoms with Gasteiger partial charge in [0.25, 0.3) is 0 Å². The van der Waals surface area contributed by atoms with Gasteiger partial charge in [0, 0.05) is 46.2 Å². The van der Waals surface area contributed by atoms with Gasteiger partial charge in [0.05, 0.1) is 12.1 Å². The van der Waals surface area contributed by atoms with Crippen molar-refractivity contribution < 1.29 is 9.47 Å². The zero-order valence-corrected chi connectivity index (χ0v) is 13.1. The Hall–Kier alpha value is -1.36. The van der Waals surface area contributed by atoms with Crippen LogP contribution in [0.3, 0.4) is 0 Å². The topological polar surface area (TPSA) is 35.4 Å². The predicted molar refractivity (Wildman–Crippen MR) is 86.6 cm³/mol. The van der Waals surface area contributed by atoms with E-state index < -0.39 is 0 Å². The number of benzene rings is 1. The largest absolute Gasteiger partial charge is 0.383 e. The highest BCUT2D eigenvalue weighted by atomic mass is 16.5. The first-order chi connectivity index (χ1) is 10.4. The van der Waals surface area contributed by atoms with Crippen molar-refractivity contribution in [2.45, 2.75) is 26.4 Å². The van der Waals surface area contributed by atoms with Crippen molar-refractivity contribution in [1.82, 2.24) is 9.88 Å². The third-order valence-electron chi connectivity index (χ3n) is 3.56. The highest BCUT2D eigenvalue weighted by molar-refractivity contribution is 5.83. The molecule has 0 saturated heterocycles. The number of hydrogen-bond donors (Lipinski definition) is 1. The third kappa shape index (κ3) is 4.56. The Morgan fingerprint density at radius 1 is 1.19 bits per heavy atom. The van der Waals surface area contributed by atoms with Crippen molar-refractivity contribution in [1.29, 1.82) is 0 Å². The molecule has 0 radical (unpaired) electrons. The highest BCUT2D eigenvalue weighted by Crippen LogP contribution is 2.20. The van der Waals surface area contributed by atoms with Gasteiger partial charge in [-0.15, -0.1) is 0 Å². The van der Waals surface area contributed by atoms with E-state index in [2.05, 4.69) is 40.3 Å². The maximum Gasteiger partial charge on any atom is 0.0587 e. The van der Waals surface area contributed by atoms with E-state index in [1.807, 2.05) is 6.92 Å². The van der Waals surface area contributed by atoms with Crippen LogP contribution in [-0.4, -0.2) is 38.0 Å². The molecule has 0 atom stereocenters. The summed E-state index contributed by atoms with van der Waals surface area (Å²) in [7, 11) is 1.73. The maximum absolute atomic E-state index is 5.43. The molecule has 0 amide bonds. The second-order valence-corrected chi connectivity index (χ2v) is 5.08. The minimum Gasteiger partial charge on any atom is -0.383 e. The van der Waals surface area contributed by atoms with E-state index in [1.165, 1.54) is 16.5 Å². The summed E-state index contributed by atoms with van der Waals surface area (Å²) in [5.74, 6) is 0. The van der Waals surface area contributed by atoms with Crippen molar-refractivity contribution in [3.05, 3.63) is 36.0 Å². The molecular formula is C17H26N2O2. The first-order valence-corrected chi connectivity index (χ1v) is 7.71. The van der Waals surface area contributed by atoms with Gasteiger partial charge < -0.3 is 19.4 Å². The van der Waals surface area contributed by atoms with Crippen molar-refractivity contribution in [3.8, 4) is 0 Å². The Morgan fingerprint density at radius 2 is 2.10 bits per heavy atom. The Balaban J connectivity index is 2.04. The Morgan fingerprint density at radius 3 is 2.90 bits per heavy atom. The Labute approximate surface area is 127 Å². The number of nitrogens with one attached hydrogen (secondary N) is 1. The predicted octanol–water partition coefficient (Wildman–Crippen LogP) is 2.80. The average molecular weight is 290 g/mol. The quantitative estimate of drug-likeness (QED) is 0.683. The number of rotatable bonds is 10. The van der Waals surface area contributed by atoms with Gasteiger partial charge in [0.2, 0.25) is 0 Å². The molecule has 1 heterocycles. The zero-order chi connectivity index (χ0) is 14.9. The minimum atomic E-state index is 0.741. The van der Waals surface area contributed by atoms with Gasteiger partial charge >= 0.3 is 0 Å². The lowest BCUT2D eigenvalue weighted by Crippen LogP contribution is -2.19. The molecule has 0 aliphatic carbocycles. The summed E-state index contributed by atoms with van der Waals surface area (Å²) in [4.78, 5) is 0. The number of para-hydroxylation sites is 1. The van der Waals surface area contributed by atoms with Gasteiger partial charge in [0.15, 0.2) is 0 Å². The molecule has 1 aromatic carbocycles. The van der Waals surface area contributed by atoms with Crippen LogP contribution in [0.2, 0.25) is 0 Å². The molecule has 116 valence electrons. The molecule has 0 saturated carbocycles. The number of hydrogen-bond acceptors (Lipinski definition) is 3. The number of methoxy groups -OCH3 is 1. The number of aromatic nitrogens is 1. The summed E-state index contributed by atoms with van der Waals surface area (Å²) in [5.41, 5.74) is 2.67. The van der Waals surface area contributed by atoms with Crippen LogP contribution in [0.4, 0.5) is 0 Å². The number of fused-ring (bicyclic) bond motifs is 1. The van der Waals surface area contributed by atoms with Gasteiger partial charge in [-0.3, -0.25) is 0 Å². The molecule has 0 aliphatic heterocycles. The van der Waals surface area contributed by atoms with Gasteiger partial charge in [-0.05, 0) is 30.4 Å². The van der Waals surface area contributed by atoms with E-state index in [4.69, 9.17) is 9.47 Å². The van der Waals surface area contributed by atoms with Crippen LogP contribution in [0.5, 0.6) is 0 Å². The molecule has 4 heteroatoms. The van der Waals surface area contributed by atoms with E-state index in [0.29, 0.717) is 0 Å². The SMILES string of the molecule is CCOCCCn1ccc2cccc(CNCCOC)c21. The van der Waals surface area contributed by atoms with Crippen LogP contribution in [-0.2, 0) is 22.6 Å². The fraction of sp³-hybridized carbons (Fsp3) is 0.529. The summed E-state index contributed by atoms with van der Waals surface area (Å²) in [6, 6.07) is 8.68. The molecule has 4 nitrogen and oxygen atoms in total. The summed E-state index contributed by atoms with van der Waals surface area (Å²) in [6.07, 6.45) is 3.22. The molecule has 21 heavy (non-hydrogen) atoms.